The molecule has 0 aliphatic heterocycles. The third-order valence-corrected chi connectivity index (χ3v) is 10.3. The van der Waals surface area contributed by atoms with Gasteiger partial charge in [0.05, 0.1) is 16.6 Å². The van der Waals surface area contributed by atoms with Gasteiger partial charge >= 0.3 is 0 Å². The van der Waals surface area contributed by atoms with Gasteiger partial charge in [-0.25, -0.2) is 0 Å². The average molecular weight is 568 g/mol. The number of aromatic nitrogens is 1. The lowest BCUT2D eigenvalue weighted by Crippen LogP contribution is -1.99. The van der Waals surface area contributed by atoms with Crippen LogP contribution in [0.2, 0.25) is 0 Å². The molecule has 0 unspecified atom stereocenters. The van der Waals surface area contributed by atoms with Gasteiger partial charge in [-0.15, -0.1) is 0 Å². The van der Waals surface area contributed by atoms with E-state index in [2.05, 4.69) is 156 Å². The third kappa shape index (κ3) is 2.89. The minimum atomic E-state index is 1.26. The lowest BCUT2D eigenvalue weighted by Gasteiger charge is -2.26. The van der Waals surface area contributed by atoms with Crippen molar-refractivity contribution >= 4 is 59.6 Å². The monoisotopic (exact) mass is 567 g/mol. The van der Waals surface area contributed by atoms with Crippen LogP contribution in [0.1, 0.15) is 0 Å². The zero-order valence-electron chi connectivity index (χ0n) is 24.4. The Kier molecular flexibility index (Phi) is 4.38. The molecule has 0 N–H and O–H groups in total. The highest BCUT2D eigenvalue weighted by Gasteiger charge is 2.27. The van der Waals surface area contributed by atoms with Gasteiger partial charge in [0, 0.05) is 21.5 Å². The molecule has 0 saturated carbocycles. The normalized spacial score (nSPS) is 12.4. The second-order valence-electron chi connectivity index (χ2n) is 12.4. The quantitative estimate of drug-likeness (QED) is 0.161. The SMILES string of the molecule is c1ccc2c(c1)-c1ccccc1-c1c(c3cc4c(cc3c3ccccc13)c1cccc3c5ccccc5n4c31)-c1ccccc1-2. The van der Waals surface area contributed by atoms with Gasteiger partial charge in [0.25, 0.3) is 0 Å². The Hall–Kier alpha value is -5.92. The van der Waals surface area contributed by atoms with Gasteiger partial charge in [-0.2, -0.15) is 0 Å². The lowest BCUT2D eigenvalue weighted by atomic mass is 9.77. The first kappa shape index (κ1) is 23.5. The first-order chi connectivity index (χ1) is 22.4. The maximum atomic E-state index is 2.51. The van der Waals surface area contributed by atoms with Crippen LogP contribution in [0.25, 0.3) is 104 Å². The topological polar surface area (TPSA) is 4.41 Å². The van der Waals surface area contributed by atoms with E-state index in [0.717, 1.165) is 0 Å². The summed E-state index contributed by atoms with van der Waals surface area (Å²) in [5.41, 5.74) is 14.1. The number of para-hydroxylation sites is 2. The van der Waals surface area contributed by atoms with Crippen molar-refractivity contribution in [3.8, 4) is 44.5 Å². The van der Waals surface area contributed by atoms with Crippen molar-refractivity contribution in [2.75, 3.05) is 0 Å². The largest absolute Gasteiger partial charge is 0.308 e. The van der Waals surface area contributed by atoms with Crippen LogP contribution in [0.3, 0.4) is 0 Å². The van der Waals surface area contributed by atoms with Crippen molar-refractivity contribution < 1.29 is 0 Å². The summed E-state index contributed by atoms with van der Waals surface area (Å²) in [5, 5.41) is 10.4. The molecule has 1 aliphatic rings. The molecule has 0 spiro atoms. The standard InChI is InChI=1S/C44H25N/c1-2-13-27-26(12-1)28-14-3-6-18-32(28)42-34-20-8-5-16-30(34)37-24-38-36-22-11-21-35-31-17-9-10-23-40(31)45(44(35)36)41(38)25-39(37)43(42)33-19-7-4-15-29(27)33/h1-25H. The van der Waals surface area contributed by atoms with Crippen molar-refractivity contribution in [1.29, 1.82) is 0 Å². The molecule has 2 heterocycles. The summed E-state index contributed by atoms with van der Waals surface area (Å²) >= 11 is 0. The maximum absolute atomic E-state index is 2.51. The molecule has 0 bridgehead atoms. The molecule has 2 aromatic heterocycles. The van der Waals surface area contributed by atoms with Crippen LogP contribution in [-0.4, -0.2) is 4.40 Å². The molecule has 11 rings (SSSR count). The molecule has 1 aliphatic carbocycles. The van der Waals surface area contributed by atoms with Crippen LogP contribution in [0.4, 0.5) is 0 Å². The average Bonchev–Trinajstić information content (AvgIpc) is 3.62. The van der Waals surface area contributed by atoms with E-state index in [1.54, 1.807) is 0 Å². The molecule has 0 amide bonds. The van der Waals surface area contributed by atoms with Gasteiger partial charge in [0.2, 0.25) is 0 Å². The van der Waals surface area contributed by atoms with Crippen molar-refractivity contribution in [1.82, 2.24) is 4.40 Å². The fraction of sp³-hybridized carbons (Fsp3) is 0. The van der Waals surface area contributed by atoms with Gasteiger partial charge in [-0.1, -0.05) is 133 Å². The number of benzene rings is 8. The zero-order chi connectivity index (χ0) is 29.2. The molecule has 0 atom stereocenters. The first-order valence-electron chi connectivity index (χ1n) is 15.7. The zero-order valence-corrected chi connectivity index (χ0v) is 24.4. The number of nitrogens with zero attached hydrogens (tertiary/aromatic N) is 1. The summed E-state index contributed by atoms with van der Waals surface area (Å²) in [6.07, 6.45) is 0. The predicted molar refractivity (Wildman–Crippen MR) is 191 cm³/mol. The molecule has 45 heavy (non-hydrogen) atoms. The van der Waals surface area contributed by atoms with Crippen molar-refractivity contribution in [2.24, 2.45) is 0 Å². The maximum Gasteiger partial charge on any atom is 0.0620 e. The summed E-state index contributed by atoms with van der Waals surface area (Å²) in [7, 11) is 0. The van der Waals surface area contributed by atoms with E-state index >= 15 is 0 Å². The number of hydrogen-bond donors (Lipinski definition) is 0. The predicted octanol–water partition coefficient (Wildman–Crippen LogP) is 12.1. The summed E-state index contributed by atoms with van der Waals surface area (Å²) in [5.74, 6) is 0. The third-order valence-electron chi connectivity index (χ3n) is 10.3. The molecule has 0 fully saturated rings. The van der Waals surface area contributed by atoms with Crippen LogP contribution in [-0.2, 0) is 0 Å². The molecular formula is C44H25N. The van der Waals surface area contributed by atoms with E-state index in [1.807, 2.05) is 0 Å². The lowest BCUT2D eigenvalue weighted by molar-refractivity contribution is 1.37. The Morgan fingerprint density at radius 3 is 1.40 bits per heavy atom. The smallest absolute Gasteiger partial charge is 0.0620 e. The summed E-state index contributed by atoms with van der Waals surface area (Å²) in [6.45, 7) is 0. The van der Waals surface area contributed by atoms with Crippen molar-refractivity contribution in [3.05, 3.63) is 152 Å². The van der Waals surface area contributed by atoms with E-state index in [-0.39, 0.29) is 0 Å². The highest BCUT2D eigenvalue weighted by Crippen LogP contribution is 2.53. The van der Waals surface area contributed by atoms with Gasteiger partial charge in [-0.3, -0.25) is 0 Å². The summed E-state index contributed by atoms with van der Waals surface area (Å²) in [4.78, 5) is 0. The Morgan fingerprint density at radius 2 is 0.733 bits per heavy atom. The van der Waals surface area contributed by atoms with Gasteiger partial charge in [0.15, 0.2) is 0 Å². The second-order valence-corrected chi connectivity index (χ2v) is 12.4. The van der Waals surface area contributed by atoms with E-state index in [1.165, 1.54) is 104 Å². The van der Waals surface area contributed by atoms with E-state index < -0.39 is 0 Å². The number of fused-ring (bicyclic) bond motifs is 19. The van der Waals surface area contributed by atoms with Gasteiger partial charge in [-0.05, 0) is 84.3 Å². The second kappa shape index (κ2) is 8.37. The number of rotatable bonds is 0. The first-order valence-corrected chi connectivity index (χ1v) is 15.7. The molecule has 8 aromatic carbocycles. The van der Waals surface area contributed by atoms with Crippen LogP contribution >= 0.6 is 0 Å². The number of hydrogen-bond acceptors (Lipinski definition) is 0. The minimum absolute atomic E-state index is 1.26. The van der Waals surface area contributed by atoms with Gasteiger partial charge in [0.1, 0.15) is 0 Å². The van der Waals surface area contributed by atoms with Crippen LogP contribution < -0.4 is 0 Å². The summed E-state index contributed by atoms with van der Waals surface area (Å²) < 4.78 is 2.51. The van der Waals surface area contributed by atoms with Crippen LogP contribution in [0.15, 0.2) is 152 Å². The Labute approximate surface area is 259 Å². The van der Waals surface area contributed by atoms with Crippen molar-refractivity contribution in [3.63, 3.8) is 0 Å². The highest BCUT2D eigenvalue weighted by atomic mass is 14.9. The van der Waals surface area contributed by atoms with Crippen LogP contribution in [0.5, 0.6) is 0 Å². The molecule has 206 valence electrons. The molecular weight excluding hydrogens is 542 g/mol. The molecule has 0 radical (unpaired) electrons. The fourth-order valence-corrected chi connectivity index (χ4v) is 8.49. The fourth-order valence-electron chi connectivity index (χ4n) is 8.49. The molecule has 10 aromatic rings. The van der Waals surface area contributed by atoms with E-state index in [4.69, 9.17) is 0 Å². The Morgan fingerprint density at radius 1 is 0.267 bits per heavy atom. The van der Waals surface area contributed by atoms with E-state index in [0.29, 0.717) is 0 Å². The Balaban J connectivity index is 1.44. The van der Waals surface area contributed by atoms with E-state index in [9.17, 15) is 0 Å². The Bertz CT molecular complexity index is 2870. The summed E-state index contributed by atoms with van der Waals surface area (Å²) in [6, 6.07) is 56.6. The van der Waals surface area contributed by atoms with Gasteiger partial charge < -0.3 is 4.40 Å². The van der Waals surface area contributed by atoms with Crippen molar-refractivity contribution in [2.45, 2.75) is 0 Å². The molecule has 1 heteroatoms. The minimum Gasteiger partial charge on any atom is -0.308 e. The highest BCUT2D eigenvalue weighted by molar-refractivity contribution is 6.30. The molecule has 1 nitrogen and oxygen atoms in total. The molecule has 0 saturated heterocycles. The van der Waals surface area contributed by atoms with Crippen LogP contribution in [0, 0.1) is 0 Å².